The molecule has 8 heteroatoms. The molecule has 6 rings (SSSR count). The molecule has 0 bridgehead atoms. The lowest BCUT2D eigenvalue weighted by atomic mass is 9.77. The first-order chi connectivity index (χ1) is 19.5. The van der Waals surface area contributed by atoms with Gasteiger partial charge in [-0.2, -0.15) is 10.4 Å². The van der Waals surface area contributed by atoms with Gasteiger partial charge in [0.1, 0.15) is 18.4 Å². The quantitative estimate of drug-likeness (QED) is 0.335. The molecule has 2 aliphatic heterocycles. The molecule has 40 heavy (non-hydrogen) atoms. The molecule has 4 heterocycles. The Hall–Kier alpha value is -4.64. The molecule has 1 amide bonds. The molecule has 2 aromatic carbocycles. The zero-order valence-corrected chi connectivity index (χ0v) is 22.7. The summed E-state index contributed by atoms with van der Waals surface area (Å²) >= 11 is 0. The molecule has 2 saturated heterocycles. The number of carbonyl (C=O) groups excluding carboxylic acids is 1. The Labute approximate surface area is 233 Å². The van der Waals surface area contributed by atoms with Crippen LogP contribution in [0, 0.1) is 23.7 Å². The fraction of sp³-hybridized carbons (Fsp3) is 0.312. The van der Waals surface area contributed by atoms with Gasteiger partial charge in [-0.1, -0.05) is 18.7 Å². The van der Waals surface area contributed by atoms with E-state index in [1.807, 2.05) is 47.5 Å². The van der Waals surface area contributed by atoms with Crippen LogP contribution in [0.25, 0.3) is 22.0 Å². The number of nitrogens with one attached hydrogen (secondary N) is 1. The molecule has 202 valence electrons. The van der Waals surface area contributed by atoms with Gasteiger partial charge in [-0.15, -0.1) is 0 Å². The third-order valence-electron chi connectivity index (χ3n) is 8.51. The summed E-state index contributed by atoms with van der Waals surface area (Å²) in [5.74, 6) is 0.704. The molecule has 0 aliphatic carbocycles. The summed E-state index contributed by atoms with van der Waals surface area (Å²) in [6, 6.07) is 16.3. The number of H-pyrrole nitrogens is 1. The van der Waals surface area contributed by atoms with Crippen molar-refractivity contribution in [3.63, 3.8) is 0 Å². The maximum Gasteiger partial charge on any atom is 0.245 e. The molecule has 8 nitrogen and oxygen atoms in total. The number of likely N-dealkylation sites (tertiary alicyclic amines) is 1. The fourth-order valence-electron chi connectivity index (χ4n) is 6.26. The zero-order valence-electron chi connectivity index (χ0n) is 22.7. The average molecular weight is 533 g/mol. The van der Waals surface area contributed by atoms with E-state index < -0.39 is 0 Å². The van der Waals surface area contributed by atoms with Gasteiger partial charge >= 0.3 is 0 Å². The van der Waals surface area contributed by atoms with Crippen molar-refractivity contribution in [1.29, 1.82) is 5.26 Å². The highest BCUT2D eigenvalue weighted by atomic mass is 16.5. The van der Waals surface area contributed by atoms with Crippen LogP contribution < -0.4 is 9.64 Å². The molecule has 4 aromatic rings. The lowest BCUT2D eigenvalue weighted by Crippen LogP contribution is -2.42. The van der Waals surface area contributed by atoms with E-state index in [1.165, 1.54) is 6.08 Å². The van der Waals surface area contributed by atoms with Crippen LogP contribution in [0.5, 0.6) is 5.75 Å². The summed E-state index contributed by atoms with van der Waals surface area (Å²) in [4.78, 5) is 20.8. The van der Waals surface area contributed by atoms with Gasteiger partial charge in [0.05, 0.1) is 28.7 Å². The SMILES string of the molecule is C=CC(=O)N1CCC2(CCN(c3cc(OCc4ccccn4)cc(-c4c(C)ccc5[nH]ncc45)c3C#N)CC2)C1. The molecule has 2 aromatic heterocycles. The molecular formula is C32H32N6O2. The highest BCUT2D eigenvalue weighted by Gasteiger charge is 2.42. The van der Waals surface area contributed by atoms with Crippen LogP contribution in [0.3, 0.4) is 0 Å². The number of hydrogen-bond donors (Lipinski definition) is 1. The molecule has 0 atom stereocenters. The van der Waals surface area contributed by atoms with Crippen LogP contribution in [0.15, 0.2) is 67.5 Å². The Morgan fingerprint density at radius 1 is 1.20 bits per heavy atom. The van der Waals surface area contributed by atoms with E-state index in [4.69, 9.17) is 4.74 Å². The number of aromatic amines is 1. The van der Waals surface area contributed by atoms with Crippen molar-refractivity contribution in [3.05, 3.63) is 84.3 Å². The number of nitrogens with zero attached hydrogens (tertiary/aromatic N) is 5. The van der Waals surface area contributed by atoms with Gasteiger partial charge in [0, 0.05) is 49.4 Å². The number of benzene rings is 2. The number of amides is 1. The molecule has 2 aliphatic rings. The lowest BCUT2D eigenvalue weighted by molar-refractivity contribution is -0.125. The minimum atomic E-state index is 0.0114. The van der Waals surface area contributed by atoms with E-state index in [-0.39, 0.29) is 11.3 Å². The highest BCUT2D eigenvalue weighted by Crippen LogP contribution is 2.45. The van der Waals surface area contributed by atoms with Crippen LogP contribution in [0.1, 0.15) is 36.1 Å². The standard InChI is InChI=1S/C32H32N6O2/c1-3-30(39)38-15-11-32(21-38)9-13-37(14-10-32)29-17-24(40-20-23-6-4-5-12-34-23)16-25(26(29)18-33)31-22(2)7-8-28-27(31)19-35-36-28/h3-8,12,16-17,19H,1,9-11,13-15,20-21H2,2H3,(H,35,36). The van der Waals surface area contributed by atoms with Crippen LogP contribution in [-0.4, -0.2) is 52.2 Å². The van der Waals surface area contributed by atoms with Crippen molar-refractivity contribution in [3.8, 4) is 22.9 Å². The second kappa shape index (κ2) is 10.5. The fourth-order valence-corrected chi connectivity index (χ4v) is 6.26. The number of aromatic nitrogens is 3. The number of pyridine rings is 1. The summed E-state index contributed by atoms with van der Waals surface area (Å²) in [6.45, 7) is 9.22. The van der Waals surface area contributed by atoms with E-state index in [2.05, 4.69) is 45.7 Å². The largest absolute Gasteiger partial charge is 0.487 e. The van der Waals surface area contributed by atoms with Gasteiger partial charge in [0.25, 0.3) is 0 Å². The highest BCUT2D eigenvalue weighted by molar-refractivity contribution is 5.99. The summed E-state index contributed by atoms with van der Waals surface area (Å²) in [7, 11) is 0. The Balaban J connectivity index is 1.37. The number of piperidine rings is 1. The molecule has 1 N–H and O–H groups in total. The normalized spacial score (nSPS) is 16.3. The minimum absolute atomic E-state index is 0.0114. The van der Waals surface area contributed by atoms with Crippen molar-refractivity contribution in [1.82, 2.24) is 20.1 Å². The van der Waals surface area contributed by atoms with Crippen molar-refractivity contribution in [2.24, 2.45) is 5.41 Å². The average Bonchev–Trinajstić information content (AvgIpc) is 3.64. The Bertz CT molecular complexity index is 1610. The van der Waals surface area contributed by atoms with Gasteiger partial charge in [0.2, 0.25) is 5.91 Å². The number of rotatable bonds is 6. The van der Waals surface area contributed by atoms with Gasteiger partial charge < -0.3 is 14.5 Å². The van der Waals surface area contributed by atoms with Crippen molar-refractivity contribution < 1.29 is 9.53 Å². The maximum atomic E-state index is 12.2. The monoisotopic (exact) mass is 532 g/mol. The summed E-state index contributed by atoms with van der Waals surface area (Å²) in [5, 5.41) is 18.8. The van der Waals surface area contributed by atoms with Crippen molar-refractivity contribution in [2.75, 3.05) is 31.1 Å². The van der Waals surface area contributed by atoms with E-state index in [1.54, 1.807) is 6.20 Å². The minimum Gasteiger partial charge on any atom is -0.487 e. The maximum absolute atomic E-state index is 12.2. The van der Waals surface area contributed by atoms with Crippen molar-refractivity contribution in [2.45, 2.75) is 32.8 Å². The number of fused-ring (bicyclic) bond motifs is 1. The van der Waals surface area contributed by atoms with E-state index in [0.717, 1.165) is 84.4 Å². The second-order valence-electron chi connectivity index (χ2n) is 10.9. The Kier molecular flexibility index (Phi) is 6.72. The number of aryl methyl sites for hydroxylation is 1. The van der Waals surface area contributed by atoms with E-state index in [9.17, 15) is 10.1 Å². The van der Waals surface area contributed by atoms with Crippen LogP contribution in [0.4, 0.5) is 5.69 Å². The number of carbonyl (C=O) groups is 1. The second-order valence-corrected chi connectivity index (χ2v) is 10.9. The first-order valence-electron chi connectivity index (χ1n) is 13.7. The predicted molar refractivity (Wildman–Crippen MR) is 155 cm³/mol. The third kappa shape index (κ3) is 4.68. The number of hydrogen-bond acceptors (Lipinski definition) is 6. The van der Waals surface area contributed by atoms with Gasteiger partial charge in [-0.25, -0.2) is 0 Å². The van der Waals surface area contributed by atoms with Crippen LogP contribution >= 0.6 is 0 Å². The number of nitriles is 1. The molecule has 0 saturated carbocycles. The summed E-state index contributed by atoms with van der Waals surface area (Å²) in [5.41, 5.74) is 6.27. The van der Waals surface area contributed by atoms with Crippen LogP contribution in [-0.2, 0) is 11.4 Å². The number of anilines is 1. The van der Waals surface area contributed by atoms with Crippen LogP contribution in [0.2, 0.25) is 0 Å². The topological polar surface area (TPSA) is 98.1 Å². The van der Waals surface area contributed by atoms with Gasteiger partial charge in [0.15, 0.2) is 0 Å². The van der Waals surface area contributed by atoms with E-state index in [0.29, 0.717) is 17.9 Å². The van der Waals surface area contributed by atoms with Gasteiger partial charge in [-0.05, 0) is 73.1 Å². The Morgan fingerprint density at radius 3 is 2.77 bits per heavy atom. The van der Waals surface area contributed by atoms with Crippen molar-refractivity contribution >= 4 is 22.5 Å². The molecule has 2 fully saturated rings. The molecule has 1 spiro atoms. The lowest BCUT2D eigenvalue weighted by Gasteiger charge is -2.40. The van der Waals surface area contributed by atoms with E-state index >= 15 is 0 Å². The first kappa shape index (κ1) is 25.6. The molecule has 0 radical (unpaired) electrons. The zero-order chi connectivity index (χ0) is 27.7. The smallest absolute Gasteiger partial charge is 0.245 e. The summed E-state index contributed by atoms with van der Waals surface area (Å²) in [6.07, 6.45) is 7.92. The molecule has 0 unspecified atom stereocenters. The summed E-state index contributed by atoms with van der Waals surface area (Å²) < 4.78 is 6.29. The van der Waals surface area contributed by atoms with Gasteiger partial charge in [-0.3, -0.25) is 14.9 Å². The number of ether oxygens (including phenoxy) is 1. The predicted octanol–water partition coefficient (Wildman–Crippen LogP) is 5.39. The first-order valence-corrected chi connectivity index (χ1v) is 13.7. The Morgan fingerprint density at radius 2 is 2.02 bits per heavy atom. The molecular weight excluding hydrogens is 500 g/mol. The third-order valence-corrected chi connectivity index (χ3v) is 8.51.